The van der Waals surface area contributed by atoms with E-state index >= 15 is 0 Å². The van der Waals surface area contributed by atoms with Gasteiger partial charge in [-0.3, -0.25) is 4.79 Å². The van der Waals surface area contributed by atoms with Crippen LogP contribution < -0.4 is 9.47 Å². The second kappa shape index (κ2) is 9.99. The lowest BCUT2D eigenvalue weighted by Crippen LogP contribution is -2.26. The molecular formula is C24H24ClNO3. The fourth-order valence-corrected chi connectivity index (χ4v) is 3.09. The van der Waals surface area contributed by atoms with E-state index in [0.717, 1.165) is 11.1 Å². The Balaban J connectivity index is 1.75. The normalized spacial score (nSPS) is 10.4. The van der Waals surface area contributed by atoms with E-state index in [4.69, 9.17) is 21.1 Å². The lowest BCUT2D eigenvalue weighted by Gasteiger charge is -2.19. The number of carbonyl (C=O) groups is 1. The third-order valence-electron chi connectivity index (χ3n) is 4.42. The van der Waals surface area contributed by atoms with Gasteiger partial charge in [-0.2, -0.15) is 0 Å². The maximum absolute atomic E-state index is 12.9. The van der Waals surface area contributed by atoms with Gasteiger partial charge in [0.05, 0.1) is 6.61 Å². The van der Waals surface area contributed by atoms with E-state index in [1.54, 1.807) is 30.1 Å². The highest BCUT2D eigenvalue weighted by atomic mass is 35.5. The number of rotatable bonds is 8. The molecule has 0 radical (unpaired) electrons. The summed E-state index contributed by atoms with van der Waals surface area (Å²) in [6, 6.07) is 22.5. The third kappa shape index (κ3) is 5.75. The molecule has 0 spiro atoms. The Bertz CT molecular complexity index is 942. The van der Waals surface area contributed by atoms with Crippen molar-refractivity contribution in [2.45, 2.75) is 20.1 Å². The molecule has 0 aliphatic rings. The average Bonchev–Trinajstić information content (AvgIpc) is 2.74. The van der Waals surface area contributed by atoms with Gasteiger partial charge >= 0.3 is 0 Å². The fraction of sp³-hybridized carbons (Fsp3) is 0.208. The van der Waals surface area contributed by atoms with Crippen LogP contribution >= 0.6 is 11.6 Å². The Kier molecular flexibility index (Phi) is 7.14. The summed E-state index contributed by atoms with van der Waals surface area (Å²) < 4.78 is 11.6. The Morgan fingerprint density at radius 1 is 0.966 bits per heavy atom. The molecule has 0 N–H and O–H groups in total. The summed E-state index contributed by atoms with van der Waals surface area (Å²) in [5.74, 6) is 1.36. The molecule has 29 heavy (non-hydrogen) atoms. The Morgan fingerprint density at radius 3 is 2.38 bits per heavy atom. The smallest absolute Gasteiger partial charge is 0.253 e. The van der Waals surface area contributed by atoms with Crippen LogP contribution in [-0.2, 0) is 13.2 Å². The van der Waals surface area contributed by atoms with Crippen LogP contribution in [0.15, 0.2) is 72.8 Å². The van der Waals surface area contributed by atoms with Crippen molar-refractivity contribution in [2.24, 2.45) is 0 Å². The summed E-state index contributed by atoms with van der Waals surface area (Å²) in [7, 11) is 1.80. The molecule has 0 aliphatic carbocycles. The lowest BCUT2D eigenvalue weighted by molar-refractivity contribution is 0.0785. The van der Waals surface area contributed by atoms with Crippen LogP contribution in [0.4, 0.5) is 0 Å². The molecule has 0 aromatic heterocycles. The van der Waals surface area contributed by atoms with Crippen molar-refractivity contribution < 1.29 is 14.3 Å². The van der Waals surface area contributed by atoms with Crippen molar-refractivity contribution >= 4 is 17.5 Å². The van der Waals surface area contributed by atoms with Crippen LogP contribution in [0, 0.1) is 0 Å². The fourth-order valence-electron chi connectivity index (χ4n) is 2.96. The molecule has 0 unspecified atom stereocenters. The topological polar surface area (TPSA) is 38.8 Å². The number of hydrogen-bond donors (Lipinski definition) is 0. The van der Waals surface area contributed by atoms with Crippen LogP contribution in [-0.4, -0.2) is 24.5 Å². The molecule has 3 rings (SSSR count). The van der Waals surface area contributed by atoms with Gasteiger partial charge in [0.1, 0.15) is 18.1 Å². The second-order valence-corrected chi connectivity index (χ2v) is 7.08. The molecule has 0 heterocycles. The van der Waals surface area contributed by atoms with E-state index in [-0.39, 0.29) is 5.91 Å². The van der Waals surface area contributed by atoms with E-state index in [1.165, 1.54) is 0 Å². The average molecular weight is 410 g/mol. The van der Waals surface area contributed by atoms with Crippen molar-refractivity contribution in [1.29, 1.82) is 0 Å². The minimum atomic E-state index is -0.0513. The zero-order valence-corrected chi connectivity index (χ0v) is 17.4. The van der Waals surface area contributed by atoms with Gasteiger partial charge in [-0.05, 0) is 55.0 Å². The first-order valence-corrected chi connectivity index (χ1v) is 9.88. The SMILES string of the molecule is CCOc1ccc(C(=O)N(C)Cc2ccccc2)cc1COc1ccc(Cl)cc1. The number of carbonyl (C=O) groups excluding carboxylic acids is 1. The van der Waals surface area contributed by atoms with Gasteiger partial charge in [0.25, 0.3) is 5.91 Å². The highest BCUT2D eigenvalue weighted by Gasteiger charge is 2.15. The minimum Gasteiger partial charge on any atom is -0.493 e. The monoisotopic (exact) mass is 409 g/mol. The van der Waals surface area contributed by atoms with E-state index in [2.05, 4.69) is 0 Å². The molecule has 150 valence electrons. The Morgan fingerprint density at radius 2 is 1.69 bits per heavy atom. The summed E-state index contributed by atoms with van der Waals surface area (Å²) in [5, 5.41) is 0.654. The van der Waals surface area contributed by atoms with E-state index in [0.29, 0.717) is 41.8 Å². The van der Waals surface area contributed by atoms with Crippen LogP contribution in [0.3, 0.4) is 0 Å². The summed E-state index contributed by atoms with van der Waals surface area (Å²) in [6.45, 7) is 3.30. The molecule has 1 amide bonds. The number of halogens is 1. The second-order valence-electron chi connectivity index (χ2n) is 6.64. The van der Waals surface area contributed by atoms with Gasteiger partial charge in [0, 0.05) is 29.7 Å². The molecule has 5 heteroatoms. The van der Waals surface area contributed by atoms with Gasteiger partial charge in [-0.25, -0.2) is 0 Å². The van der Waals surface area contributed by atoms with Gasteiger partial charge in [0.2, 0.25) is 0 Å². The third-order valence-corrected chi connectivity index (χ3v) is 4.68. The highest BCUT2D eigenvalue weighted by molar-refractivity contribution is 6.30. The van der Waals surface area contributed by atoms with Gasteiger partial charge in [-0.15, -0.1) is 0 Å². The number of nitrogens with zero attached hydrogens (tertiary/aromatic N) is 1. The van der Waals surface area contributed by atoms with Crippen molar-refractivity contribution in [3.8, 4) is 11.5 Å². The zero-order valence-electron chi connectivity index (χ0n) is 16.6. The lowest BCUT2D eigenvalue weighted by atomic mass is 10.1. The molecule has 0 fully saturated rings. The predicted molar refractivity (Wildman–Crippen MR) is 116 cm³/mol. The molecular weight excluding hydrogens is 386 g/mol. The van der Waals surface area contributed by atoms with Gasteiger partial charge in [-0.1, -0.05) is 41.9 Å². The minimum absolute atomic E-state index is 0.0513. The number of ether oxygens (including phenoxy) is 2. The largest absolute Gasteiger partial charge is 0.493 e. The molecule has 0 atom stereocenters. The van der Waals surface area contributed by atoms with Crippen molar-refractivity contribution in [1.82, 2.24) is 4.90 Å². The molecule has 0 saturated heterocycles. The van der Waals surface area contributed by atoms with Crippen LogP contribution in [0.5, 0.6) is 11.5 Å². The Labute approximate surface area is 176 Å². The first kappa shape index (κ1) is 20.7. The van der Waals surface area contributed by atoms with Crippen molar-refractivity contribution in [2.75, 3.05) is 13.7 Å². The van der Waals surface area contributed by atoms with E-state index < -0.39 is 0 Å². The maximum Gasteiger partial charge on any atom is 0.253 e. The molecule has 0 bridgehead atoms. The highest BCUT2D eigenvalue weighted by Crippen LogP contribution is 2.24. The van der Waals surface area contributed by atoms with E-state index in [1.807, 2.05) is 61.5 Å². The van der Waals surface area contributed by atoms with Crippen molar-refractivity contribution in [3.63, 3.8) is 0 Å². The molecule has 4 nitrogen and oxygen atoms in total. The first-order valence-electron chi connectivity index (χ1n) is 9.50. The van der Waals surface area contributed by atoms with Crippen LogP contribution in [0.25, 0.3) is 0 Å². The van der Waals surface area contributed by atoms with Crippen LogP contribution in [0.2, 0.25) is 5.02 Å². The van der Waals surface area contributed by atoms with Gasteiger partial charge in [0.15, 0.2) is 0 Å². The number of benzene rings is 3. The zero-order chi connectivity index (χ0) is 20.6. The maximum atomic E-state index is 12.9. The molecule has 0 saturated carbocycles. The summed E-state index contributed by atoms with van der Waals surface area (Å²) in [4.78, 5) is 14.6. The van der Waals surface area contributed by atoms with Crippen molar-refractivity contribution in [3.05, 3.63) is 94.5 Å². The summed E-state index contributed by atoms with van der Waals surface area (Å²) in [5.41, 5.74) is 2.50. The number of amides is 1. The van der Waals surface area contributed by atoms with Gasteiger partial charge < -0.3 is 14.4 Å². The molecule has 3 aromatic rings. The molecule has 0 aliphatic heterocycles. The Hall–Kier alpha value is -2.98. The summed E-state index contributed by atoms with van der Waals surface area (Å²) in [6.07, 6.45) is 0. The first-order chi connectivity index (χ1) is 14.1. The van der Waals surface area contributed by atoms with E-state index in [9.17, 15) is 4.79 Å². The van der Waals surface area contributed by atoms with Crippen LogP contribution in [0.1, 0.15) is 28.4 Å². The summed E-state index contributed by atoms with van der Waals surface area (Å²) >= 11 is 5.92. The molecule has 3 aromatic carbocycles. The quantitative estimate of drug-likeness (QED) is 0.486. The standard InChI is InChI=1S/C24H24ClNO3/c1-3-28-23-14-9-19(24(27)26(2)16-18-7-5-4-6-8-18)15-20(23)17-29-22-12-10-21(25)11-13-22/h4-15H,3,16-17H2,1-2H3. The predicted octanol–water partition coefficient (Wildman–Crippen LogP) is 5.59. The number of hydrogen-bond acceptors (Lipinski definition) is 3.